The first kappa shape index (κ1) is 13.8. The lowest BCUT2D eigenvalue weighted by Gasteiger charge is -2.20. The van der Waals surface area contributed by atoms with Crippen molar-refractivity contribution >= 4 is 15.9 Å². The molecule has 0 radical (unpaired) electrons. The van der Waals surface area contributed by atoms with Crippen molar-refractivity contribution in [3.8, 4) is 0 Å². The van der Waals surface area contributed by atoms with Crippen LogP contribution in [0.15, 0.2) is 24.3 Å². The van der Waals surface area contributed by atoms with Crippen molar-refractivity contribution in [2.24, 2.45) is 5.92 Å². The molecule has 1 unspecified atom stereocenters. The lowest BCUT2D eigenvalue weighted by Crippen LogP contribution is -2.05. The van der Waals surface area contributed by atoms with Crippen LogP contribution in [0.3, 0.4) is 0 Å². The summed E-state index contributed by atoms with van der Waals surface area (Å²) < 4.78 is 0. The summed E-state index contributed by atoms with van der Waals surface area (Å²) in [6.45, 7) is 6.77. The predicted molar refractivity (Wildman–Crippen MR) is 76.2 cm³/mol. The van der Waals surface area contributed by atoms with Gasteiger partial charge in [-0.3, -0.25) is 0 Å². The Hall–Kier alpha value is -0.300. The van der Waals surface area contributed by atoms with Crippen molar-refractivity contribution in [3.05, 3.63) is 35.4 Å². The van der Waals surface area contributed by atoms with Crippen molar-refractivity contribution in [1.82, 2.24) is 0 Å². The van der Waals surface area contributed by atoms with Gasteiger partial charge in [-0.05, 0) is 23.5 Å². The summed E-state index contributed by atoms with van der Waals surface area (Å²) in [6.07, 6.45) is 4.90. The quantitative estimate of drug-likeness (QED) is 0.604. The van der Waals surface area contributed by atoms with Gasteiger partial charge in [-0.1, -0.05) is 80.2 Å². The van der Waals surface area contributed by atoms with E-state index in [0.29, 0.717) is 4.83 Å². The molecule has 0 saturated carbocycles. The van der Waals surface area contributed by atoms with Gasteiger partial charge >= 0.3 is 0 Å². The van der Waals surface area contributed by atoms with Gasteiger partial charge in [0.05, 0.1) is 0 Å². The maximum atomic E-state index is 3.84. The van der Waals surface area contributed by atoms with Gasteiger partial charge in [0, 0.05) is 4.83 Å². The predicted octanol–water partition coefficient (Wildman–Crippen LogP) is 5.51. The van der Waals surface area contributed by atoms with Gasteiger partial charge in [0.15, 0.2) is 0 Å². The Kier molecular flexibility index (Phi) is 6.12. The van der Waals surface area contributed by atoms with Crippen LogP contribution in [0.25, 0.3) is 0 Å². The van der Waals surface area contributed by atoms with E-state index in [1.807, 2.05) is 0 Å². The molecule has 1 aromatic carbocycles. The maximum Gasteiger partial charge on any atom is 0.0423 e. The Morgan fingerprint density at radius 3 is 2.00 bits per heavy atom. The molecule has 0 N–H and O–H groups in total. The van der Waals surface area contributed by atoms with E-state index in [1.165, 1.54) is 36.8 Å². The van der Waals surface area contributed by atoms with Crippen LogP contribution in [0.1, 0.15) is 56.0 Å². The van der Waals surface area contributed by atoms with Gasteiger partial charge in [0.2, 0.25) is 0 Å². The summed E-state index contributed by atoms with van der Waals surface area (Å²) in [5.41, 5.74) is 2.88. The molecule has 1 aromatic rings. The molecule has 0 fully saturated rings. The second-order valence-corrected chi connectivity index (χ2v) is 5.46. The average Bonchev–Trinajstić information content (AvgIpc) is 2.32. The van der Waals surface area contributed by atoms with E-state index in [4.69, 9.17) is 0 Å². The minimum atomic E-state index is 0.512. The molecule has 0 aliphatic carbocycles. The van der Waals surface area contributed by atoms with Crippen LogP contribution in [0.4, 0.5) is 0 Å². The van der Waals surface area contributed by atoms with Crippen LogP contribution in [-0.2, 0) is 6.42 Å². The molecule has 16 heavy (non-hydrogen) atoms. The zero-order valence-corrected chi connectivity index (χ0v) is 12.3. The molecule has 0 nitrogen and oxygen atoms in total. The molecular formula is C15H23Br. The smallest absolute Gasteiger partial charge is 0.0423 e. The van der Waals surface area contributed by atoms with E-state index >= 15 is 0 Å². The number of aryl methyl sites for hydroxylation is 1. The van der Waals surface area contributed by atoms with E-state index in [1.54, 1.807) is 0 Å². The Morgan fingerprint density at radius 2 is 1.56 bits per heavy atom. The third-order valence-electron chi connectivity index (χ3n) is 3.30. The molecule has 0 bridgehead atoms. The highest BCUT2D eigenvalue weighted by molar-refractivity contribution is 9.09. The number of alkyl halides is 1. The highest BCUT2D eigenvalue weighted by Crippen LogP contribution is 2.35. The second-order valence-electron chi connectivity index (χ2n) is 4.47. The molecule has 1 atom stereocenters. The summed E-state index contributed by atoms with van der Waals surface area (Å²) in [5.74, 6) is 0.747. The summed E-state index contributed by atoms with van der Waals surface area (Å²) in [7, 11) is 0. The minimum absolute atomic E-state index is 0.512. The Labute approximate surface area is 109 Å². The number of halogens is 1. The Morgan fingerprint density at radius 1 is 1.00 bits per heavy atom. The van der Waals surface area contributed by atoms with Crippen molar-refractivity contribution in [3.63, 3.8) is 0 Å². The minimum Gasteiger partial charge on any atom is -0.0836 e. The third-order valence-corrected chi connectivity index (χ3v) is 4.58. The zero-order chi connectivity index (χ0) is 12.0. The van der Waals surface area contributed by atoms with E-state index in [9.17, 15) is 0 Å². The zero-order valence-electron chi connectivity index (χ0n) is 10.7. The van der Waals surface area contributed by atoms with Gasteiger partial charge in [-0.15, -0.1) is 0 Å². The molecule has 0 aliphatic heterocycles. The van der Waals surface area contributed by atoms with Crippen LogP contribution < -0.4 is 0 Å². The highest BCUT2D eigenvalue weighted by atomic mass is 79.9. The lowest BCUT2D eigenvalue weighted by molar-refractivity contribution is 0.487. The number of rotatable bonds is 6. The van der Waals surface area contributed by atoms with Crippen LogP contribution in [0.2, 0.25) is 0 Å². The first-order valence-electron chi connectivity index (χ1n) is 6.45. The third kappa shape index (κ3) is 3.62. The highest BCUT2D eigenvalue weighted by Gasteiger charge is 2.16. The molecule has 0 spiro atoms. The SMILES string of the molecule is CCCc1ccc(C(Br)C(CC)CC)cc1. The molecule has 0 amide bonds. The molecule has 90 valence electrons. The average molecular weight is 283 g/mol. The van der Waals surface area contributed by atoms with E-state index < -0.39 is 0 Å². The van der Waals surface area contributed by atoms with Crippen LogP contribution in [0, 0.1) is 5.92 Å². The molecule has 1 rings (SSSR count). The summed E-state index contributed by atoms with van der Waals surface area (Å²) in [6, 6.07) is 9.11. The standard InChI is InChI=1S/C15H23Br/c1-4-7-12-8-10-14(11-9-12)15(16)13(5-2)6-3/h8-11,13,15H,4-7H2,1-3H3. The van der Waals surface area contributed by atoms with Gasteiger partial charge in [0.25, 0.3) is 0 Å². The number of hydrogen-bond donors (Lipinski definition) is 0. The Bertz CT molecular complexity index is 285. The normalized spacial score (nSPS) is 13.1. The molecule has 0 aliphatic rings. The fourth-order valence-electron chi connectivity index (χ4n) is 2.13. The summed E-state index contributed by atoms with van der Waals surface area (Å²) >= 11 is 3.84. The molecule has 0 aromatic heterocycles. The van der Waals surface area contributed by atoms with Crippen molar-refractivity contribution < 1.29 is 0 Å². The van der Waals surface area contributed by atoms with Crippen molar-refractivity contribution in [1.29, 1.82) is 0 Å². The lowest BCUT2D eigenvalue weighted by atomic mass is 9.93. The second kappa shape index (κ2) is 7.11. The number of benzene rings is 1. The molecular weight excluding hydrogens is 260 g/mol. The molecule has 0 heterocycles. The Balaban J connectivity index is 2.72. The van der Waals surface area contributed by atoms with Crippen molar-refractivity contribution in [2.45, 2.75) is 51.3 Å². The van der Waals surface area contributed by atoms with E-state index in [-0.39, 0.29) is 0 Å². The van der Waals surface area contributed by atoms with E-state index in [2.05, 4.69) is 61.0 Å². The monoisotopic (exact) mass is 282 g/mol. The van der Waals surface area contributed by atoms with Gasteiger partial charge in [-0.2, -0.15) is 0 Å². The molecule has 0 saturated heterocycles. The van der Waals surface area contributed by atoms with Gasteiger partial charge in [0.1, 0.15) is 0 Å². The van der Waals surface area contributed by atoms with Crippen LogP contribution in [-0.4, -0.2) is 0 Å². The van der Waals surface area contributed by atoms with Gasteiger partial charge < -0.3 is 0 Å². The summed E-state index contributed by atoms with van der Waals surface area (Å²) in [4.78, 5) is 0.512. The first-order chi connectivity index (χ1) is 7.72. The first-order valence-corrected chi connectivity index (χ1v) is 7.37. The largest absolute Gasteiger partial charge is 0.0836 e. The van der Waals surface area contributed by atoms with Crippen molar-refractivity contribution in [2.75, 3.05) is 0 Å². The fourth-order valence-corrected chi connectivity index (χ4v) is 3.18. The maximum absolute atomic E-state index is 3.84. The molecule has 1 heteroatoms. The van der Waals surface area contributed by atoms with Crippen LogP contribution >= 0.6 is 15.9 Å². The fraction of sp³-hybridized carbons (Fsp3) is 0.600. The van der Waals surface area contributed by atoms with Gasteiger partial charge in [-0.25, -0.2) is 0 Å². The topological polar surface area (TPSA) is 0 Å². The summed E-state index contributed by atoms with van der Waals surface area (Å²) in [5, 5.41) is 0. The van der Waals surface area contributed by atoms with E-state index in [0.717, 1.165) is 5.92 Å². The van der Waals surface area contributed by atoms with Crippen LogP contribution in [0.5, 0.6) is 0 Å². The number of hydrogen-bond acceptors (Lipinski definition) is 0.